The number of halogens is 1. The lowest BCUT2D eigenvalue weighted by Gasteiger charge is -2.33. The molecule has 2 heterocycles. The van der Waals surface area contributed by atoms with E-state index in [1.807, 2.05) is 61.8 Å². The number of hydrogen-bond donors (Lipinski definition) is 2. The van der Waals surface area contributed by atoms with Crippen molar-refractivity contribution in [3.05, 3.63) is 63.9 Å². The maximum absolute atomic E-state index is 13.4. The normalized spacial score (nSPS) is 17.6. The first kappa shape index (κ1) is 21.5. The van der Waals surface area contributed by atoms with Gasteiger partial charge < -0.3 is 15.5 Å². The maximum Gasteiger partial charge on any atom is 0.240 e. The summed E-state index contributed by atoms with van der Waals surface area (Å²) in [6.45, 7) is 6.04. The van der Waals surface area contributed by atoms with Gasteiger partial charge in [-0.3, -0.25) is 4.79 Å². The highest BCUT2D eigenvalue weighted by Crippen LogP contribution is 2.39. The van der Waals surface area contributed by atoms with E-state index in [0.717, 1.165) is 34.6 Å². The van der Waals surface area contributed by atoms with Crippen molar-refractivity contribution in [2.45, 2.75) is 43.6 Å². The molecular weight excluding hydrogens is 434 g/mol. The van der Waals surface area contributed by atoms with Crippen LogP contribution < -0.4 is 15.5 Å². The van der Waals surface area contributed by atoms with Crippen molar-refractivity contribution in [3.8, 4) is 5.75 Å². The van der Waals surface area contributed by atoms with Gasteiger partial charge in [-0.2, -0.15) is 0 Å². The summed E-state index contributed by atoms with van der Waals surface area (Å²) in [5.74, 6) is 1.28. The molecule has 7 nitrogen and oxygen atoms in total. The highest BCUT2D eigenvalue weighted by Gasteiger charge is 2.38. The van der Waals surface area contributed by atoms with Gasteiger partial charge in [-0.15, -0.1) is 10.2 Å². The van der Waals surface area contributed by atoms with Crippen LogP contribution >= 0.6 is 23.4 Å². The summed E-state index contributed by atoms with van der Waals surface area (Å²) >= 11 is 7.78. The minimum Gasteiger partial charge on any atom is -0.495 e. The van der Waals surface area contributed by atoms with E-state index in [1.165, 1.54) is 11.8 Å². The van der Waals surface area contributed by atoms with Gasteiger partial charge in [0.1, 0.15) is 11.0 Å². The second kappa shape index (κ2) is 8.80. The first-order valence-electron chi connectivity index (χ1n) is 10.0. The van der Waals surface area contributed by atoms with Crippen LogP contribution in [0.25, 0.3) is 0 Å². The number of aromatic nitrogens is 3. The van der Waals surface area contributed by atoms with Crippen molar-refractivity contribution < 1.29 is 9.53 Å². The van der Waals surface area contributed by atoms with Crippen LogP contribution in [0.3, 0.4) is 0 Å². The molecule has 0 bridgehead atoms. The molecule has 3 aromatic rings. The third kappa shape index (κ3) is 4.09. The monoisotopic (exact) mass is 457 g/mol. The molecule has 2 aromatic carbocycles. The quantitative estimate of drug-likeness (QED) is 0.586. The van der Waals surface area contributed by atoms with Gasteiger partial charge in [0.15, 0.2) is 5.82 Å². The molecule has 2 N–H and O–H groups in total. The molecule has 1 aliphatic heterocycles. The summed E-state index contributed by atoms with van der Waals surface area (Å²) < 4.78 is 7.14. The molecule has 0 saturated carbocycles. The van der Waals surface area contributed by atoms with Gasteiger partial charge in [0.2, 0.25) is 11.1 Å². The van der Waals surface area contributed by atoms with E-state index in [0.29, 0.717) is 15.9 Å². The zero-order chi connectivity index (χ0) is 22.1. The number of anilines is 1. The SMILES string of the molecule is CCc1nnc2n1N[C@H](c1ccc(OC)c(Cl)c1)[C@@H](C(=O)Nc1cccc(C)c1C)S2. The highest BCUT2D eigenvalue weighted by molar-refractivity contribution is 8.00. The van der Waals surface area contributed by atoms with Crippen LogP contribution in [-0.4, -0.2) is 33.1 Å². The lowest BCUT2D eigenvalue weighted by molar-refractivity contribution is -0.116. The number of hydrogen-bond acceptors (Lipinski definition) is 6. The number of thioether (sulfide) groups is 1. The first-order chi connectivity index (χ1) is 14.9. The lowest BCUT2D eigenvalue weighted by Crippen LogP contribution is -2.41. The average Bonchev–Trinajstić information content (AvgIpc) is 3.18. The standard InChI is InChI=1S/C22H24ClN5O2S/c1-5-18-25-26-22-28(18)27-19(14-9-10-17(30-4)15(23)11-14)20(31-22)21(29)24-16-8-6-7-12(2)13(16)3/h6-11,19-20,27H,5H2,1-4H3,(H,24,29)/t19-,20+/m1/s1. The summed E-state index contributed by atoms with van der Waals surface area (Å²) in [7, 11) is 1.58. The zero-order valence-electron chi connectivity index (χ0n) is 17.8. The van der Waals surface area contributed by atoms with Crippen molar-refractivity contribution in [1.82, 2.24) is 14.9 Å². The number of nitrogens with zero attached hydrogens (tertiary/aromatic N) is 3. The molecule has 0 aliphatic carbocycles. The molecular formula is C22H24ClN5O2S. The largest absolute Gasteiger partial charge is 0.495 e. The van der Waals surface area contributed by atoms with E-state index < -0.39 is 5.25 Å². The molecule has 0 spiro atoms. The fourth-order valence-corrected chi connectivity index (χ4v) is 4.91. The Hall–Kier alpha value is -2.71. The van der Waals surface area contributed by atoms with Crippen molar-refractivity contribution >= 4 is 35.0 Å². The molecule has 1 amide bonds. The lowest BCUT2D eigenvalue weighted by atomic mass is 10.0. The number of nitrogens with one attached hydrogen (secondary N) is 2. The van der Waals surface area contributed by atoms with Crippen LogP contribution in [0.1, 0.15) is 35.5 Å². The summed E-state index contributed by atoms with van der Waals surface area (Å²) in [6, 6.07) is 11.1. The Balaban J connectivity index is 1.71. The highest BCUT2D eigenvalue weighted by atomic mass is 35.5. The Morgan fingerprint density at radius 3 is 2.81 bits per heavy atom. The molecule has 4 rings (SSSR count). The van der Waals surface area contributed by atoms with E-state index in [-0.39, 0.29) is 11.9 Å². The van der Waals surface area contributed by atoms with Crippen LogP contribution in [0.15, 0.2) is 41.6 Å². The van der Waals surface area contributed by atoms with E-state index >= 15 is 0 Å². The molecule has 1 aromatic heterocycles. The summed E-state index contributed by atoms with van der Waals surface area (Å²) in [5, 5.41) is 12.3. The number of carbonyl (C=O) groups excluding carboxylic acids is 1. The summed E-state index contributed by atoms with van der Waals surface area (Å²) in [4.78, 5) is 13.4. The minimum atomic E-state index is -0.481. The molecule has 0 fully saturated rings. The van der Waals surface area contributed by atoms with Crippen LogP contribution in [0.5, 0.6) is 5.75 Å². The number of ether oxygens (including phenoxy) is 1. The molecule has 9 heteroatoms. The van der Waals surface area contributed by atoms with Gasteiger partial charge in [0, 0.05) is 12.1 Å². The van der Waals surface area contributed by atoms with Gasteiger partial charge in [-0.1, -0.05) is 48.5 Å². The molecule has 0 saturated heterocycles. The van der Waals surface area contributed by atoms with E-state index in [9.17, 15) is 4.79 Å². The number of fused-ring (bicyclic) bond motifs is 1. The number of carbonyl (C=O) groups is 1. The van der Waals surface area contributed by atoms with Crippen LogP contribution in [-0.2, 0) is 11.2 Å². The number of methoxy groups -OCH3 is 1. The van der Waals surface area contributed by atoms with Crippen molar-refractivity contribution in [1.29, 1.82) is 0 Å². The molecule has 162 valence electrons. The van der Waals surface area contributed by atoms with Crippen LogP contribution in [0.4, 0.5) is 5.69 Å². The molecule has 0 unspecified atom stereocenters. The molecule has 2 atom stereocenters. The number of aryl methyl sites for hydroxylation is 2. The van der Waals surface area contributed by atoms with Gasteiger partial charge in [0.05, 0.1) is 18.2 Å². The van der Waals surface area contributed by atoms with Crippen LogP contribution in [0, 0.1) is 13.8 Å². The topological polar surface area (TPSA) is 81.1 Å². The third-order valence-electron chi connectivity index (χ3n) is 5.48. The zero-order valence-corrected chi connectivity index (χ0v) is 19.3. The molecule has 0 radical (unpaired) electrons. The van der Waals surface area contributed by atoms with Gasteiger partial charge in [-0.25, -0.2) is 4.68 Å². The Morgan fingerprint density at radius 2 is 2.10 bits per heavy atom. The van der Waals surface area contributed by atoms with Gasteiger partial charge in [0.25, 0.3) is 0 Å². The van der Waals surface area contributed by atoms with Crippen molar-refractivity contribution in [2.75, 3.05) is 17.9 Å². The smallest absolute Gasteiger partial charge is 0.240 e. The Labute approximate surface area is 190 Å². The third-order valence-corrected chi connectivity index (χ3v) is 6.99. The second-order valence-corrected chi connectivity index (χ2v) is 8.88. The van der Waals surface area contributed by atoms with Crippen molar-refractivity contribution in [2.24, 2.45) is 0 Å². The summed E-state index contributed by atoms with van der Waals surface area (Å²) in [5.41, 5.74) is 7.28. The van der Waals surface area contributed by atoms with E-state index in [4.69, 9.17) is 16.3 Å². The maximum atomic E-state index is 13.4. The number of rotatable bonds is 5. The Kier molecular flexibility index (Phi) is 6.11. The number of benzene rings is 2. The van der Waals surface area contributed by atoms with Gasteiger partial charge >= 0.3 is 0 Å². The van der Waals surface area contributed by atoms with Crippen LogP contribution in [0.2, 0.25) is 5.02 Å². The Bertz CT molecular complexity index is 1130. The van der Waals surface area contributed by atoms with Gasteiger partial charge in [-0.05, 0) is 48.7 Å². The minimum absolute atomic E-state index is 0.115. The number of amides is 1. The average molecular weight is 458 g/mol. The molecule has 1 aliphatic rings. The molecule has 31 heavy (non-hydrogen) atoms. The van der Waals surface area contributed by atoms with Crippen molar-refractivity contribution in [3.63, 3.8) is 0 Å². The predicted octanol–water partition coefficient (Wildman–Crippen LogP) is 4.52. The predicted molar refractivity (Wildman–Crippen MR) is 124 cm³/mol. The first-order valence-corrected chi connectivity index (χ1v) is 11.3. The van der Waals surface area contributed by atoms with E-state index in [2.05, 4.69) is 20.9 Å². The summed E-state index contributed by atoms with van der Waals surface area (Å²) in [6.07, 6.45) is 0.718. The Morgan fingerprint density at radius 1 is 1.29 bits per heavy atom. The second-order valence-electron chi connectivity index (χ2n) is 7.36. The fourth-order valence-electron chi connectivity index (χ4n) is 3.54. The van der Waals surface area contributed by atoms with E-state index in [1.54, 1.807) is 7.11 Å². The fraction of sp³-hybridized carbons (Fsp3) is 0.318.